The van der Waals surface area contributed by atoms with Gasteiger partial charge in [-0.25, -0.2) is 9.67 Å². The van der Waals surface area contributed by atoms with Gasteiger partial charge in [0.1, 0.15) is 5.01 Å². The molecule has 2 aromatic rings. The lowest BCUT2D eigenvalue weighted by Crippen LogP contribution is -2.35. The molecule has 2 heterocycles. The minimum absolute atomic E-state index is 0.0317. The van der Waals surface area contributed by atoms with Crippen LogP contribution >= 0.6 is 11.3 Å². The molecule has 2 rings (SSSR count). The minimum Gasteiger partial charge on any atom is -0.300 e. The van der Waals surface area contributed by atoms with Gasteiger partial charge < -0.3 is 5.32 Å². The highest BCUT2D eigenvalue weighted by Crippen LogP contribution is 2.22. The molecule has 0 spiro atoms. The van der Waals surface area contributed by atoms with Crippen molar-refractivity contribution in [3.63, 3.8) is 0 Å². The monoisotopic (exact) mass is 279 g/mol. The SMILES string of the molecule is CC(C)(NCc1cn(C(C)(C)C)nn1)c1nccs1. The first-order valence-electron chi connectivity index (χ1n) is 6.36. The maximum absolute atomic E-state index is 4.36. The fourth-order valence-electron chi connectivity index (χ4n) is 1.63. The van der Waals surface area contributed by atoms with Gasteiger partial charge in [-0.2, -0.15) is 0 Å². The summed E-state index contributed by atoms with van der Waals surface area (Å²) < 4.78 is 1.89. The van der Waals surface area contributed by atoms with Crippen molar-refractivity contribution in [1.82, 2.24) is 25.3 Å². The Morgan fingerprint density at radius 1 is 1.26 bits per heavy atom. The number of rotatable bonds is 4. The topological polar surface area (TPSA) is 55.6 Å². The number of hydrogen-bond donors (Lipinski definition) is 1. The maximum atomic E-state index is 4.36. The van der Waals surface area contributed by atoms with Crippen LogP contribution < -0.4 is 5.32 Å². The van der Waals surface area contributed by atoms with Crippen LogP contribution in [0.25, 0.3) is 0 Å². The second kappa shape index (κ2) is 5.02. The molecule has 6 heteroatoms. The molecule has 0 radical (unpaired) electrons. The summed E-state index contributed by atoms with van der Waals surface area (Å²) in [6.45, 7) is 11.3. The van der Waals surface area contributed by atoms with Crippen molar-refractivity contribution < 1.29 is 0 Å². The van der Waals surface area contributed by atoms with Crippen molar-refractivity contribution in [3.05, 3.63) is 28.5 Å². The summed E-state index contributed by atoms with van der Waals surface area (Å²) in [5.74, 6) is 0. The summed E-state index contributed by atoms with van der Waals surface area (Å²) in [6.07, 6.45) is 3.82. The average molecular weight is 279 g/mol. The van der Waals surface area contributed by atoms with Crippen LogP contribution in [0, 0.1) is 0 Å². The van der Waals surface area contributed by atoms with Crippen LogP contribution in [0.1, 0.15) is 45.3 Å². The van der Waals surface area contributed by atoms with E-state index >= 15 is 0 Å². The Kier molecular flexibility index (Phi) is 3.73. The molecule has 0 unspecified atom stereocenters. The van der Waals surface area contributed by atoms with E-state index in [1.165, 1.54) is 0 Å². The summed E-state index contributed by atoms with van der Waals surface area (Å²) in [4.78, 5) is 4.36. The minimum atomic E-state index is -0.153. The maximum Gasteiger partial charge on any atom is 0.112 e. The van der Waals surface area contributed by atoms with E-state index in [-0.39, 0.29) is 11.1 Å². The van der Waals surface area contributed by atoms with E-state index in [9.17, 15) is 0 Å². The smallest absolute Gasteiger partial charge is 0.112 e. The van der Waals surface area contributed by atoms with Gasteiger partial charge in [-0.3, -0.25) is 0 Å². The van der Waals surface area contributed by atoms with E-state index in [0.29, 0.717) is 6.54 Å². The van der Waals surface area contributed by atoms with Crippen molar-refractivity contribution >= 4 is 11.3 Å². The summed E-state index contributed by atoms with van der Waals surface area (Å²) in [5, 5.41) is 14.9. The van der Waals surface area contributed by atoms with Gasteiger partial charge in [-0.15, -0.1) is 16.4 Å². The largest absolute Gasteiger partial charge is 0.300 e. The Hall–Kier alpha value is -1.27. The highest BCUT2D eigenvalue weighted by atomic mass is 32.1. The molecule has 104 valence electrons. The van der Waals surface area contributed by atoms with Crippen LogP contribution in [-0.4, -0.2) is 20.0 Å². The lowest BCUT2D eigenvalue weighted by Gasteiger charge is -2.23. The molecular weight excluding hydrogens is 258 g/mol. The van der Waals surface area contributed by atoms with Gasteiger partial charge in [0.05, 0.1) is 23.0 Å². The molecule has 0 saturated heterocycles. The van der Waals surface area contributed by atoms with Crippen LogP contribution in [0.4, 0.5) is 0 Å². The Morgan fingerprint density at radius 3 is 2.53 bits per heavy atom. The second-order valence-electron chi connectivity index (χ2n) is 6.14. The molecule has 0 aliphatic heterocycles. The first kappa shape index (κ1) is 14.1. The highest BCUT2D eigenvalue weighted by Gasteiger charge is 2.23. The summed E-state index contributed by atoms with van der Waals surface area (Å²) >= 11 is 1.66. The molecule has 0 fully saturated rings. The number of thiazole rings is 1. The molecule has 0 saturated carbocycles. The molecule has 0 bridgehead atoms. The van der Waals surface area contributed by atoms with Gasteiger partial charge in [0.15, 0.2) is 0 Å². The third-order valence-electron chi connectivity index (χ3n) is 2.91. The van der Waals surface area contributed by atoms with Gasteiger partial charge in [0.25, 0.3) is 0 Å². The Labute approximate surface area is 118 Å². The quantitative estimate of drug-likeness (QED) is 0.934. The van der Waals surface area contributed by atoms with Crippen LogP contribution in [-0.2, 0) is 17.6 Å². The molecule has 0 amide bonds. The molecular formula is C13H21N5S. The average Bonchev–Trinajstić information content (AvgIpc) is 2.97. The lowest BCUT2D eigenvalue weighted by molar-refractivity contribution is 0.346. The summed E-state index contributed by atoms with van der Waals surface area (Å²) in [6, 6.07) is 0. The zero-order valence-corrected chi connectivity index (χ0v) is 13.0. The van der Waals surface area contributed by atoms with E-state index in [0.717, 1.165) is 10.7 Å². The Balaban J connectivity index is 2.01. The van der Waals surface area contributed by atoms with E-state index in [1.54, 1.807) is 11.3 Å². The van der Waals surface area contributed by atoms with Crippen molar-refractivity contribution in [2.75, 3.05) is 0 Å². The molecule has 5 nitrogen and oxygen atoms in total. The molecule has 2 aromatic heterocycles. The fourth-order valence-corrected chi connectivity index (χ4v) is 2.37. The number of nitrogens with zero attached hydrogens (tertiary/aromatic N) is 4. The molecule has 19 heavy (non-hydrogen) atoms. The van der Waals surface area contributed by atoms with Crippen molar-refractivity contribution in [3.8, 4) is 0 Å². The zero-order valence-electron chi connectivity index (χ0n) is 12.1. The zero-order chi connectivity index (χ0) is 14.1. The van der Waals surface area contributed by atoms with Crippen molar-refractivity contribution in [2.24, 2.45) is 0 Å². The second-order valence-corrected chi connectivity index (χ2v) is 7.04. The number of aromatic nitrogens is 4. The standard InChI is InChI=1S/C13H21N5S/c1-12(2,3)18-9-10(16-17-18)8-15-13(4,5)11-14-6-7-19-11/h6-7,9,15H,8H2,1-5H3. The highest BCUT2D eigenvalue weighted by molar-refractivity contribution is 7.09. The Morgan fingerprint density at radius 2 is 2.00 bits per heavy atom. The van der Waals surface area contributed by atoms with Crippen LogP contribution in [0.5, 0.6) is 0 Å². The van der Waals surface area contributed by atoms with Gasteiger partial charge in [0, 0.05) is 18.1 Å². The molecule has 0 aliphatic carbocycles. The molecule has 0 aliphatic rings. The van der Waals surface area contributed by atoms with E-state index in [1.807, 2.05) is 22.5 Å². The number of hydrogen-bond acceptors (Lipinski definition) is 5. The lowest BCUT2D eigenvalue weighted by atomic mass is 10.1. The van der Waals surface area contributed by atoms with Crippen LogP contribution in [0.15, 0.2) is 17.8 Å². The fraction of sp³-hybridized carbons (Fsp3) is 0.615. The molecule has 1 N–H and O–H groups in total. The van der Waals surface area contributed by atoms with Gasteiger partial charge in [0.2, 0.25) is 0 Å². The summed E-state index contributed by atoms with van der Waals surface area (Å²) in [5.41, 5.74) is 0.759. The van der Waals surface area contributed by atoms with Gasteiger partial charge >= 0.3 is 0 Å². The molecule has 0 atom stereocenters. The first-order valence-corrected chi connectivity index (χ1v) is 7.24. The predicted molar refractivity (Wildman–Crippen MR) is 77.0 cm³/mol. The third-order valence-corrected chi connectivity index (χ3v) is 4.00. The Bertz CT molecular complexity index is 521. The van der Waals surface area contributed by atoms with Gasteiger partial charge in [-0.05, 0) is 34.6 Å². The first-order chi connectivity index (χ1) is 8.79. The predicted octanol–water partition coefficient (Wildman–Crippen LogP) is 2.51. The molecule has 0 aromatic carbocycles. The third kappa shape index (κ3) is 3.39. The van der Waals surface area contributed by atoms with Crippen molar-refractivity contribution in [1.29, 1.82) is 0 Å². The van der Waals surface area contributed by atoms with Crippen molar-refractivity contribution in [2.45, 2.75) is 52.2 Å². The van der Waals surface area contributed by atoms with E-state index in [4.69, 9.17) is 0 Å². The summed E-state index contributed by atoms with van der Waals surface area (Å²) in [7, 11) is 0. The normalized spacial score (nSPS) is 12.9. The van der Waals surface area contributed by atoms with E-state index in [2.05, 4.69) is 55.2 Å². The van der Waals surface area contributed by atoms with Crippen LogP contribution in [0.3, 0.4) is 0 Å². The van der Waals surface area contributed by atoms with E-state index < -0.39 is 0 Å². The van der Waals surface area contributed by atoms with Gasteiger partial charge in [-0.1, -0.05) is 5.21 Å². The number of nitrogens with one attached hydrogen (secondary N) is 1. The van der Waals surface area contributed by atoms with Crippen LogP contribution in [0.2, 0.25) is 0 Å².